The quantitative estimate of drug-likeness (QED) is 0.767. The van der Waals surface area contributed by atoms with Crippen molar-refractivity contribution in [3.05, 3.63) is 23.8 Å². The Morgan fingerprint density at radius 1 is 1.29 bits per heavy atom. The largest absolute Gasteiger partial charge is 0.586 e. The Morgan fingerprint density at radius 2 is 2.00 bits per heavy atom. The van der Waals surface area contributed by atoms with Crippen LogP contribution in [0.2, 0.25) is 0 Å². The molecule has 1 aliphatic carbocycles. The average Bonchev–Trinajstić information content (AvgIpc) is 2.95. The topological polar surface area (TPSA) is 35.5 Å². The molecule has 0 radical (unpaired) electrons. The standard InChI is InChI=1S/C11H7ClF2O3/c12-9(15)10(4-5-10)6-2-1-3-7-8(6)17-11(13,14)16-7/h1-3H,4-5H2. The van der Waals surface area contributed by atoms with Crippen LogP contribution in [-0.2, 0) is 10.2 Å². The molecule has 0 aromatic heterocycles. The van der Waals surface area contributed by atoms with Crippen LogP contribution in [0.3, 0.4) is 0 Å². The molecular formula is C11H7ClF2O3. The third-order valence-corrected chi connectivity index (χ3v) is 3.43. The van der Waals surface area contributed by atoms with Gasteiger partial charge in [-0.25, -0.2) is 0 Å². The van der Waals surface area contributed by atoms with Crippen molar-refractivity contribution >= 4 is 16.8 Å². The van der Waals surface area contributed by atoms with Crippen molar-refractivity contribution in [2.45, 2.75) is 24.6 Å². The Balaban J connectivity index is 2.10. The predicted octanol–water partition coefficient (Wildman–Crippen LogP) is 2.81. The first kappa shape index (κ1) is 10.8. The van der Waals surface area contributed by atoms with Crippen molar-refractivity contribution in [1.29, 1.82) is 0 Å². The van der Waals surface area contributed by atoms with Crippen LogP contribution in [0, 0.1) is 0 Å². The number of ether oxygens (including phenoxy) is 2. The summed E-state index contributed by atoms with van der Waals surface area (Å²) in [7, 11) is 0. The number of benzene rings is 1. The number of fused-ring (bicyclic) bond motifs is 1. The Bertz CT molecular complexity index is 511. The van der Waals surface area contributed by atoms with E-state index in [1.165, 1.54) is 6.07 Å². The maximum atomic E-state index is 13.0. The van der Waals surface area contributed by atoms with Crippen LogP contribution in [0.4, 0.5) is 8.78 Å². The first-order chi connectivity index (χ1) is 7.95. The van der Waals surface area contributed by atoms with Crippen LogP contribution in [0.1, 0.15) is 18.4 Å². The van der Waals surface area contributed by atoms with Gasteiger partial charge in [0, 0.05) is 5.56 Å². The molecule has 0 spiro atoms. The number of carbonyl (C=O) groups is 1. The normalized spacial score (nSPS) is 22.3. The molecule has 0 N–H and O–H groups in total. The highest BCUT2D eigenvalue weighted by atomic mass is 35.5. The number of halogens is 3. The smallest absolute Gasteiger partial charge is 0.395 e. The molecule has 1 aromatic carbocycles. The lowest BCUT2D eigenvalue weighted by atomic mass is 9.96. The number of alkyl halides is 2. The molecule has 1 aromatic rings. The van der Waals surface area contributed by atoms with Gasteiger partial charge < -0.3 is 9.47 Å². The van der Waals surface area contributed by atoms with E-state index in [2.05, 4.69) is 9.47 Å². The summed E-state index contributed by atoms with van der Waals surface area (Å²) in [6.45, 7) is 0. The van der Waals surface area contributed by atoms with E-state index in [1.54, 1.807) is 12.1 Å². The zero-order valence-corrected chi connectivity index (χ0v) is 9.26. The van der Waals surface area contributed by atoms with Gasteiger partial charge in [-0.05, 0) is 30.5 Å². The van der Waals surface area contributed by atoms with Crippen molar-refractivity contribution in [2.75, 3.05) is 0 Å². The second kappa shape index (κ2) is 3.10. The minimum atomic E-state index is -3.68. The predicted molar refractivity (Wildman–Crippen MR) is 54.4 cm³/mol. The van der Waals surface area contributed by atoms with Gasteiger partial charge in [0.05, 0.1) is 5.41 Å². The van der Waals surface area contributed by atoms with Crippen molar-refractivity contribution in [1.82, 2.24) is 0 Å². The fourth-order valence-corrected chi connectivity index (χ4v) is 2.33. The highest BCUT2D eigenvalue weighted by Crippen LogP contribution is 2.56. The lowest BCUT2D eigenvalue weighted by Gasteiger charge is -2.12. The van der Waals surface area contributed by atoms with Crippen molar-refractivity contribution in [2.24, 2.45) is 0 Å². The fraction of sp³-hybridized carbons (Fsp3) is 0.364. The second-order valence-electron chi connectivity index (χ2n) is 4.16. The van der Waals surface area contributed by atoms with Gasteiger partial charge in [-0.3, -0.25) is 4.79 Å². The van der Waals surface area contributed by atoms with Crippen LogP contribution in [0.5, 0.6) is 11.5 Å². The van der Waals surface area contributed by atoms with Gasteiger partial charge in [0.2, 0.25) is 5.24 Å². The van der Waals surface area contributed by atoms with Gasteiger partial charge in [-0.1, -0.05) is 12.1 Å². The maximum absolute atomic E-state index is 13.0. The average molecular weight is 261 g/mol. The monoisotopic (exact) mass is 260 g/mol. The summed E-state index contributed by atoms with van der Waals surface area (Å²) in [5.41, 5.74) is -0.497. The SMILES string of the molecule is O=C(Cl)C1(c2cccc3c2OC(F)(F)O3)CC1. The zero-order valence-electron chi connectivity index (χ0n) is 8.50. The molecule has 2 aliphatic rings. The molecule has 17 heavy (non-hydrogen) atoms. The van der Waals surface area contributed by atoms with E-state index in [0.717, 1.165) is 0 Å². The summed E-state index contributed by atoms with van der Waals surface area (Å²) in [5.74, 6) is -0.138. The van der Waals surface area contributed by atoms with Crippen molar-refractivity contribution < 1.29 is 23.0 Å². The van der Waals surface area contributed by atoms with Crippen LogP contribution in [0.25, 0.3) is 0 Å². The van der Waals surface area contributed by atoms with E-state index in [1.807, 2.05) is 0 Å². The molecule has 0 atom stereocenters. The summed E-state index contributed by atoms with van der Waals surface area (Å²) >= 11 is 5.52. The molecular weight excluding hydrogens is 254 g/mol. The molecule has 1 fully saturated rings. The van der Waals surface area contributed by atoms with Gasteiger partial charge in [0.25, 0.3) is 0 Å². The number of hydrogen-bond donors (Lipinski definition) is 0. The van der Waals surface area contributed by atoms with Crippen molar-refractivity contribution in [3.8, 4) is 11.5 Å². The van der Waals surface area contributed by atoms with Crippen LogP contribution in [-0.4, -0.2) is 11.5 Å². The molecule has 0 bridgehead atoms. The number of rotatable bonds is 2. The lowest BCUT2D eigenvalue weighted by molar-refractivity contribution is -0.287. The molecule has 1 saturated carbocycles. The second-order valence-corrected chi connectivity index (χ2v) is 4.50. The van der Waals surface area contributed by atoms with Gasteiger partial charge in [-0.2, -0.15) is 0 Å². The van der Waals surface area contributed by atoms with Gasteiger partial charge >= 0.3 is 6.29 Å². The van der Waals surface area contributed by atoms with Crippen molar-refractivity contribution in [3.63, 3.8) is 0 Å². The van der Waals surface area contributed by atoms with Crippen LogP contribution >= 0.6 is 11.6 Å². The molecule has 3 nitrogen and oxygen atoms in total. The van der Waals surface area contributed by atoms with E-state index in [-0.39, 0.29) is 11.5 Å². The molecule has 6 heteroatoms. The summed E-state index contributed by atoms with van der Waals surface area (Å²) < 4.78 is 34.7. The van der Waals surface area contributed by atoms with E-state index < -0.39 is 17.0 Å². The Labute approximate surface area is 100 Å². The van der Waals surface area contributed by atoms with E-state index in [4.69, 9.17) is 11.6 Å². The molecule has 1 heterocycles. The molecule has 1 aliphatic heterocycles. The van der Waals surface area contributed by atoms with Crippen LogP contribution in [0.15, 0.2) is 18.2 Å². The van der Waals surface area contributed by atoms with Crippen LogP contribution < -0.4 is 9.47 Å². The molecule has 0 unspecified atom stereocenters. The zero-order chi connectivity index (χ0) is 12.3. The third-order valence-electron chi connectivity index (χ3n) is 3.07. The summed E-state index contributed by atoms with van der Waals surface area (Å²) in [5, 5.41) is -0.551. The Hall–Kier alpha value is -1.36. The highest BCUT2D eigenvalue weighted by molar-refractivity contribution is 6.66. The Kier molecular flexibility index (Phi) is 1.96. The number of carbonyl (C=O) groups excluding carboxylic acids is 1. The molecule has 3 rings (SSSR count). The van der Waals surface area contributed by atoms with Gasteiger partial charge in [-0.15, -0.1) is 8.78 Å². The lowest BCUT2D eigenvalue weighted by Crippen LogP contribution is -2.26. The van der Waals surface area contributed by atoms with Gasteiger partial charge in [0.15, 0.2) is 11.5 Å². The third kappa shape index (κ3) is 1.49. The first-order valence-electron chi connectivity index (χ1n) is 5.04. The molecule has 0 amide bonds. The number of para-hydroxylation sites is 1. The molecule has 0 saturated heterocycles. The highest BCUT2D eigenvalue weighted by Gasteiger charge is 2.55. The minimum absolute atomic E-state index is 0.0586. The van der Waals surface area contributed by atoms with E-state index in [9.17, 15) is 13.6 Å². The maximum Gasteiger partial charge on any atom is 0.586 e. The van der Waals surface area contributed by atoms with E-state index >= 15 is 0 Å². The molecule has 90 valence electrons. The summed E-state index contributed by atoms with van der Waals surface area (Å²) in [6, 6.07) is 4.48. The van der Waals surface area contributed by atoms with Gasteiger partial charge in [0.1, 0.15) is 0 Å². The number of hydrogen-bond acceptors (Lipinski definition) is 3. The fourth-order valence-electron chi connectivity index (χ4n) is 2.04. The minimum Gasteiger partial charge on any atom is -0.395 e. The first-order valence-corrected chi connectivity index (χ1v) is 5.42. The summed E-state index contributed by atoms with van der Waals surface area (Å²) in [6.07, 6.45) is -2.59. The Morgan fingerprint density at radius 3 is 2.59 bits per heavy atom. The van der Waals surface area contributed by atoms with E-state index in [0.29, 0.717) is 18.4 Å². The summed E-state index contributed by atoms with van der Waals surface area (Å²) in [4.78, 5) is 11.4.